The van der Waals surface area contributed by atoms with Crippen molar-refractivity contribution in [3.8, 4) is 0 Å². The second kappa shape index (κ2) is 5.30. The van der Waals surface area contributed by atoms with Crippen molar-refractivity contribution in [3.63, 3.8) is 0 Å². The maximum absolute atomic E-state index is 11.9. The summed E-state index contributed by atoms with van der Waals surface area (Å²) in [5.74, 6) is -1.13. The van der Waals surface area contributed by atoms with Crippen molar-refractivity contribution in [2.45, 2.75) is 39.5 Å². The number of carbonyl (C=O) groups is 1. The van der Waals surface area contributed by atoms with Gasteiger partial charge in [-0.05, 0) is 12.3 Å². The van der Waals surface area contributed by atoms with E-state index >= 15 is 0 Å². The molecule has 1 aromatic rings. The monoisotopic (exact) mass is 290 g/mol. The highest BCUT2D eigenvalue weighted by Gasteiger charge is 2.34. The molecule has 1 rings (SSSR count). The highest BCUT2D eigenvalue weighted by atomic mass is 32.2. The van der Waals surface area contributed by atoms with Gasteiger partial charge in [0, 0.05) is 6.07 Å². The molecule has 1 aromatic heterocycles. The molecule has 19 heavy (non-hydrogen) atoms. The number of carboxylic acids is 1. The number of nitrogens with zero attached hydrogens (tertiary/aromatic N) is 1. The molecule has 0 aliphatic carbocycles. The zero-order chi connectivity index (χ0) is 14.8. The van der Waals surface area contributed by atoms with Crippen LogP contribution in [0.1, 0.15) is 32.2 Å². The lowest BCUT2D eigenvalue weighted by Crippen LogP contribution is -2.49. The average Bonchev–Trinajstić information content (AvgIpc) is 2.57. The first-order valence-electron chi connectivity index (χ1n) is 5.66. The number of rotatable bonds is 5. The summed E-state index contributed by atoms with van der Waals surface area (Å²) in [4.78, 5) is 11.1. The number of nitrogens with one attached hydrogen (secondary N) is 1. The SMILES string of the molecule is Cc1cc(CS(=O)(=O)NC(C(=O)O)C(C)(C)C)no1. The predicted molar refractivity (Wildman–Crippen MR) is 67.9 cm³/mol. The van der Waals surface area contributed by atoms with Gasteiger partial charge in [-0.25, -0.2) is 13.1 Å². The maximum Gasteiger partial charge on any atom is 0.322 e. The highest BCUT2D eigenvalue weighted by Crippen LogP contribution is 2.20. The molecule has 0 bridgehead atoms. The van der Waals surface area contributed by atoms with Gasteiger partial charge in [0.15, 0.2) is 0 Å². The Balaban J connectivity index is 2.86. The third-order valence-electron chi connectivity index (χ3n) is 2.43. The smallest absolute Gasteiger partial charge is 0.322 e. The molecule has 0 saturated carbocycles. The first-order valence-corrected chi connectivity index (χ1v) is 7.31. The fraction of sp³-hybridized carbons (Fsp3) is 0.636. The molecule has 0 radical (unpaired) electrons. The number of hydrogen-bond acceptors (Lipinski definition) is 5. The van der Waals surface area contributed by atoms with Crippen molar-refractivity contribution in [3.05, 3.63) is 17.5 Å². The van der Waals surface area contributed by atoms with Gasteiger partial charge in [0.05, 0.1) is 0 Å². The molecule has 0 spiro atoms. The summed E-state index contributed by atoms with van der Waals surface area (Å²) in [5.41, 5.74) is -0.499. The minimum absolute atomic E-state index is 0.239. The van der Waals surface area contributed by atoms with E-state index in [1.807, 2.05) is 0 Å². The van der Waals surface area contributed by atoms with Crippen molar-refractivity contribution in [2.75, 3.05) is 0 Å². The van der Waals surface area contributed by atoms with Crippen molar-refractivity contribution in [2.24, 2.45) is 5.41 Å². The van der Waals surface area contributed by atoms with Crippen LogP contribution >= 0.6 is 0 Å². The zero-order valence-electron chi connectivity index (χ0n) is 11.3. The number of aliphatic carboxylic acids is 1. The van der Waals surface area contributed by atoms with Crippen LogP contribution in [0.25, 0.3) is 0 Å². The van der Waals surface area contributed by atoms with Crippen LogP contribution in [0, 0.1) is 12.3 Å². The maximum atomic E-state index is 11.9. The molecule has 0 aliphatic heterocycles. The predicted octanol–water partition coefficient (Wildman–Crippen LogP) is 0.902. The topological polar surface area (TPSA) is 110 Å². The van der Waals surface area contributed by atoms with Crippen LogP contribution in [0.15, 0.2) is 10.6 Å². The number of aryl methyl sites for hydroxylation is 1. The number of carboxylic acid groups (broad SMARTS) is 1. The molecule has 1 unspecified atom stereocenters. The molecule has 0 aliphatic rings. The van der Waals surface area contributed by atoms with Gasteiger partial charge in [-0.1, -0.05) is 25.9 Å². The van der Waals surface area contributed by atoms with Crippen molar-refractivity contribution < 1.29 is 22.8 Å². The van der Waals surface area contributed by atoms with Gasteiger partial charge < -0.3 is 9.63 Å². The number of sulfonamides is 1. The summed E-state index contributed by atoms with van der Waals surface area (Å²) in [6, 6.07) is 0.289. The van der Waals surface area contributed by atoms with Crippen LogP contribution in [-0.4, -0.2) is 30.7 Å². The molecule has 0 amide bonds. The molecule has 0 saturated heterocycles. The van der Waals surface area contributed by atoms with Gasteiger partial charge >= 0.3 is 5.97 Å². The standard InChI is InChI=1S/C11H18N2O5S/c1-7-5-8(12-18-7)6-19(16,17)13-9(10(14)15)11(2,3)4/h5,9,13H,6H2,1-4H3,(H,14,15). The quantitative estimate of drug-likeness (QED) is 0.833. The lowest BCUT2D eigenvalue weighted by molar-refractivity contribution is -0.141. The van der Waals surface area contributed by atoms with Crippen LogP contribution in [0.2, 0.25) is 0 Å². The molecular weight excluding hydrogens is 272 g/mol. The molecule has 0 fully saturated rings. The Labute approximate surface area is 112 Å². The van der Waals surface area contributed by atoms with E-state index in [1.165, 1.54) is 6.07 Å². The first-order chi connectivity index (χ1) is 8.51. The third kappa shape index (κ3) is 4.64. The van der Waals surface area contributed by atoms with Gasteiger partial charge in [0.25, 0.3) is 0 Å². The van der Waals surface area contributed by atoms with Crippen LogP contribution in [0.5, 0.6) is 0 Å². The molecular formula is C11H18N2O5S. The van der Waals surface area contributed by atoms with Crippen molar-refractivity contribution in [1.29, 1.82) is 0 Å². The first kappa shape index (κ1) is 15.6. The van der Waals surface area contributed by atoms with E-state index in [1.54, 1.807) is 27.7 Å². The van der Waals surface area contributed by atoms with E-state index < -0.39 is 33.2 Å². The summed E-state index contributed by atoms with van der Waals surface area (Å²) in [6.45, 7) is 6.59. The van der Waals surface area contributed by atoms with E-state index in [0.717, 1.165) is 0 Å². The summed E-state index contributed by atoms with van der Waals surface area (Å²) < 4.78 is 30.8. The normalized spacial score (nSPS) is 14.3. The zero-order valence-corrected chi connectivity index (χ0v) is 12.1. The van der Waals surface area contributed by atoms with Gasteiger partial charge in [0.2, 0.25) is 10.0 Å². The van der Waals surface area contributed by atoms with Crippen molar-refractivity contribution in [1.82, 2.24) is 9.88 Å². The Hall–Kier alpha value is -1.41. The second-order valence-corrected chi connectivity index (χ2v) is 7.20. The Bertz CT molecular complexity index is 556. The minimum Gasteiger partial charge on any atom is -0.480 e. The van der Waals surface area contributed by atoms with Gasteiger partial charge in [-0.2, -0.15) is 0 Å². The van der Waals surface area contributed by atoms with Crippen LogP contribution < -0.4 is 4.72 Å². The van der Waals surface area contributed by atoms with Gasteiger partial charge in [0.1, 0.15) is 23.2 Å². The number of hydrogen-bond donors (Lipinski definition) is 2. The van der Waals surface area contributed by atoms with Crippen LogP contribution in [-0.2, 0) is 20.6 Å². The summed E-state index contributed by atoms with van der Waals surface area (Å²) in [5, 5.41) is 12.7. The Morgan fingerprint density at radius 3 is 2.47 bits per heavy atom. The summed E-state index contributed by atoms with van der Waals surface area (Å²) in [6.07, 6.45) is 0. The van der Waals surface area contributed by atoms with E-state index in [2.05, 4.69) is 9.88 Å². The molecule has 1 heterocycles. The lowest BCUT2D eigenvalue weighted by Gasteiger charge is -2.27. The highest BCUT2D eigenvalue weighted by molar-refractivity contribution is 7.88. The van der Waals surface area contributed by atoms with Crippen LogP contribution in [0.4, 0.5) is 0 Å². The average molecular weight is 290 g/mol. The molecule has 108 valence electrons. The van der Waals surface area contributed by atoms with E-state index in [9.17, 15) is 13.2 Å². The van der Waals surface area contributed by atoms with Gasteiger partial charge in [-0.3, -0.25) is 4.79 Å². The third-order valence-corrected chi connectivity index (χ3v) is 3.70. The molecule has 7 nitrogen and oxygen atoms in total. The Morgan fingerprint density at radius 2 is 2.11 bits per heavy atom. The molecule has 1 atom stereocenters. The second-order valence-electron chi connectivity index (χ2n) is 5.44. The van der Waals surface area contributed by atoms with E-state index in [0.29, 0.717) is 5.76 Å². The van der Waals surface area contributed by atoms with E-state index in [4.69, 9.17) is 9.63 Å². The minimum atomic E-state index is -3.80. The fourth-order valence-corrected chi connectivity index (χ4v) is 2.92. The molecule has 2 N–H and O–H groups in total. The van der Waals surface area contributed by atoms with Crippen LogP contribution in [0.3, 0.4) is 0 Å². The lowest BCUT2D eigenvalue weighted by atomic mass is 9.88. The fourth-order valence-electron chi connectivity index (χ4n) is 1.50. The van der Waals surface area contributed by atoms with Gasteiger partial charge in [-0.15, -0.1) is 0 Å². The van der Waals surface area contributed by atoms with Crippen molar-refractivity contribution >= 4 is 16.0 Å². The Kier molecular flexibility index (Phi) is 4.36. The summed E-state index contributed by atoms with van der Waals surface area (Å²) >= 11 is 0. The Morgan fingerprint density at radius 1 is 1.53 bits per heavy atom. The largest absolute Gasteiger partial charge is 0.480 e. The van der Waals surface area contributed by atoms with E-state index in [-0.39, 0.29) is 5.69 Å². The molecule has 0 aromatic carbocycles. The summed E-state index contributed by atoms with van der Waals surface area (Å²) in [7, 11) is -3.80. The molecule has 8 heteroatoms. The number of aromatic nitrogens is 1.